The van der Waals surface area contributed by atoms with E-state index < -0.39 is 53.8 Å². The van der Waals surface area contributed by atoms with Crippen LogP contribution >= 0.6 is 0 Å². The minimum Gasteiger partial charge on any atom is -0.394 e. The molecule has 0 amide bonds. The maximum Gasteiger partial charge on any atom is 0.280 e. The van der Waals surface area contributed by atoms with Crippen LogP contribution in [0.3, 0.4) is 0 Å². The molecular formula is C20H25BN10O7. The Kier molecular flexibility index (Phi) is 5.91. The lowest BCUT2D eigenvalue weighted by Gasteiger charge is -2.21. The van der Waals surface area contributed by atoms with Crippen LogP contribution in [0, 0.1) is 0 Å². The van der Waals surface area contributed by atoms with Crippen molar-refractivity contribution in [1.82, 2.24) is 39.0 Å². The molecule has 17 nitrogen and oxygen atoms in total. The van der Waals surface area contributed by atoms with Gasteiger partial charge >= 0.3 is 0 Å². The van der Waals surface area contributed by atoms with Gasteiger partial charge in [-0.3, -0.25) is 28.7 Å². The van der Waals surface area contributed by atoms with E-state index in [1.165, 1.54) is 17.2 Å². The molecule has 0 unspecified atom stereocenters. The Labute approximate surface area is 212 Å². The van der Waals surface area contributed by atoms with Crippen LogP contribution < -0.4 is 22.6 Å². The first-order valence-corrected chi connectivity index (χ1v) is 12.0. The maximum atomic E-state index is 12.1. The number of nitrogens with two attached hydrogens (primary N) is 2. The molecule has 2 aliphatic rings. The Hall–Kier alpha value is -3.84. The molecule has 2 saturated heterocycles. The number of rotatable bonds is 6. The monoisotopic (exact) mass is 528 g/mol. The second-order valence-corrected chi connectivity index (χ2v) is 9.46. The fourth-order valence-corrected chi connectivity index (χ4v) is 5.34. The number of hydrogen-bond acceptors (Lipinski definition) is 13. The van der Waals surface area contributed by atoms with Gasteiger partial charge in [0.1, 0.15) is 13.5 Å². The molecular weight excluding hydrogens is 503 g/mol. The number of aromatic nitrogens is 8. The van der Waals surface area contributed by atoms with Crippen LogP contribution in [0.25, 0.3) is 22.3 Å². The van der Waals surface area contributed by atoms with Gasteiger partial charge in [0.15, 0.2) is 28.6 Å². The molecule has 4 aromatic rings. The van der Waals surface area contributed by atoms with Gasteiger partial charge in [0.05, 0.1) is 43.7 Å². The lowest BCUT2D eigenvalue weighted by atomic mass is 9.56. The molecule has 0 radical (unpaired) electrons. The van der Waals surface area contributed by atoms with Crippen molar-refractivity contribution in [3.05, 3.63) is 33.4 Å². The minimum atomic E-state index is -1.09. The Bertz CT molecular complexity index is 1620. The number of H-pyrrole nitrogens is 2. The molecule has 0 saturated carbocycles. The van der Waals surface area contributed by atoms with Crippen LogP contribution in [0.5, 0.6) is 0 Å². The van der Waals surface area contributed by atoms with Gasteiger partial charge < -0.3 is 36.3 Å². The largest absolute Gasteiger partial charge is 0.394 e. The van der Waals surface area contributed by atoms with E-state index in [1.54, 1.807) is 4.57 Å². The predicted molar refractivity (Wildman–Crippen MR) is 132 cm³/mol. The number of aromatic amines is 2. The first-order valence-electron chi connectivity index (χ1n) is 12.0. The van der Waals surface area contributed by atoms with E-state index in [4.69, 9.17) is 20.9 Å². The van der Waals surface area contributed by atoms with Crippen molar-refractivity contribution in [2.24, 2.45) is 0 Å². The number of nitrogens with zero attached hydrogens (tertiary/aromatic N) is 6. The molecule has 6 heterocycles. The first kappa shape index (κ1) is 24.5. The van der Waals surface area contributed by atoms with Crippen LogP contribution in [0.15, 0.2) is 22.2 Å². The first-order chi connectivity index (χ1) is 18.2. The van der Waals surface area contributed by atoms with Crippen molar-refractivity contribution < 1.29 is 24.8 Å². The predicted octanol–water partition coefficient (Wildman–Crippen LogP) is -3.04. The summed E-state index contributed by atoms with van der Waals surface area (Å²) >= 11 is 0. The zero-order valence-electron chi connectivity index (χ0n) is 19.8. The fraction of sp³-hybridized carbons (Fsp3) is 0.500. The van der Waals surface area contributed by atoms with Gasteiger partial charge in [-0.15, -0.1) is 0 Å². The van der Waals surface area contributed by atoms with Crippen LogP contribution in [-0.2, 0) is 9.47 Å². The van der Waals surface area contributed by atoms with Gasteiger partial charge in [0.25, 0.3) is 11.1 Å². The minimum absolute atomic E-state index is 0.0396. The number of anilines is 2. The fourth-order valence-electron chi connectivity index (χ4n) is 5.34. The molecule has 2 aliphatic heterocycles. The third-order valence-electron chi connectivity index (χ3n) is 7.18. The molecule has 6 rings (SSSR count). The van der Waals surface area contributed by atoms with Crippen molar-refractivity contribution >= 4 is 41.5 Å². The lowest BCUT2D eigenvalue weighted by molar-refractivity contribution is -0.0486. The molecule has 38 heavy (non-hydrogen) atoms. The molecule has 0 aromatic carbocycles. The molecule has 2 fully saturated rings. The van der Waals surface area contributed by atoms with E-state index in [0.29, 0.717) is 13.6 Å². The Balaban J connectivity index is 1.18. The summed E-state index contributed by atoms with van der Waals surface area (Å²) in [5.74, 6) is -0.694. The summed E-state index contributed by atoms with van der Waals surface area (Å²) in [4.78, 5) is 45.3. The number of aliphatic hydroxyl groups is 3. The van der Waals surface area contributed by atoms with Crippen LogP contribution in [0.2, 0.25) is 12.1 Å². The number of nitrogens with one attached hydrogen (secondary N) is 2. The zero-order valence-corrected chi connectivity index (χ0v) is 19.8. The average molecular weight is 528 g/mol. The third kappa shape index (κ3) is 3.93. The van der Waals surface area contributed by atoms with Crippen molar-refractivity contribution in [3.63, 3.8) is 0 Å². The van der Waals surface area contributed by atoms with E-state index >= 15 is 0 Å². The lowest BCUT2D eigenvalue weighted by Crippen LogP contribution is -2.31. The zero-order chi connectivity index (χ0) is 26.7. The Morgan fingerprint density at radius 1 is 0.974 bits per heavy atom. The van der Waals surface area contributed by atoms with Crippen LogP contribution in [-0.4, -0.2) is 92.7 Å². The molecule has 18 heteroatoms. The summed E-state index contributed by atoms with van der Waals surface area (Å²) in [5.41, 5.74) is 10.9. The number of imidazole rings is 2. The topological polar surface area (TPSA) is 258 Å². The van der Waals surface area contributed by atoms with Crippen molar-refractivity contribution in [1.29, 1.82) is 0 Å². The maximum absolute atomic E-state index is 12.1. The molecule has 0 aliphatic carbocycles. The van der Waals surface area contributed by atoms with Gasteiger partial charge in [-0.1, -0.05) is 0 Å². The van der Waals surface area contributed by atoms with Gasteiger partial charge in [-0.25, -0.2) is 9.97 Å². The van der Waals surface area contributed by atoms with Crippen LogP contribution in [0.1, 0.15) is 18.9 Å². The average Bonchev–Trinajstić information content (AvgIpc) is 3.62. The molecule has 200 valence electrons. The second kappa shape index (κ2) is 9.17. The van der Waals surface area contributed by atoms with E-state index in [2.05, 4.69) is 29.9 Å². The standard InChI is InChI=1S/C20H25BN10O7/c22-19-26-14-11(16(35)28-19)24-4-30(14)9-1-6(33)7(37-9)2-21-10-8(3-32)38-18(13(10)34)31-5-25-12-15(31)27-20(23)29-17(12)36/h4-10,13,18,21,32-34H,1-3H2,(H3,22,26,28,35)(H3,23,27,29,36)/t6-,7+,8+,9+,10+,13+,18+/m0/s1. The van der Waals surface area contributed by atoms with Crippen molar-refractivity contribution in [3.8, 4) is 0 Å². The SMILES string of the molecule is Nc1nc2c(ncn2[C@@H]2O[C@H](CO)[C@@H](BC[C@H]3O[C@@H](n4cnc5c(=O)[nH]c(N)nc54)C[C@@H]3O)[C@H]2O)c(=O)[nH]1. The smallest absolute Gasteiger partial charge is 0.280 e. The highest BCUT2D eigenvalue weighted by Crippen LogP contribution is 2.40. The van der Waals surface area contributed by atoms with Crippen molar-refractivity contribution in [2.45, 2.75) is 55.4 Å². The summed E-state index contributed by atoms with van der Waals surface area (Å²) in [5, 5.41) is 31.8. The summed E-state index contributed by atoms with van der Waals surface area (Å²) in [6.45, 7) is -0.361. The Morgan fingerprint density at radius 3 is 2.21 bits per heavy atom. The summed E-state index contributed by atoms with van der Waals surface area (Å²) in [7, 11) is 0.343. The third-order valence-corrected chi connectivity index (χ3v) is 7.18. The number of hydrogen-bond donors (Lipinski definition) is 7. The van der Waals surface area contributed by atoms with E-state index in [-0.39, 0.29) is 47.3 Å². The molecule has 9 N–H and O–H groups in total. The number of aliphatic hydroxyl groups excluding tert-OH is 3. The molecule has 0 bridgehead atoms. The molecule has 7 atom stereocenters. The van der Waals surface area contributed by atoms with Gasteiger partial charge in [-0.2, -0.15) is 9.97 Å². The van der Waals surface area contributed by atoms with Gasteiger partial charge in [-0.05, 0) is 12.1 Å². The molecule has 0 spiro atoms. The number of nitrogen functional groups attached to an aromatic ring is 2. The van der Waals surface area contributed by atoms with E-state index in [9.17, 15) is 24.9 Å². The van der Waals surface area contributed by atoms with Gasteiger partial charge in [0, 0.05) is 6.42 Å². The highest BCUT2D eigenvalue weighted by Gasteiger charge is 2.46. The van der Waals surface area contributed by atoms with Crippen molar-refractivity contribution in [2.75, 3.05) is 18.1 Å². The quantitative estimate of drug-likeness (QED) is 0.123. The molecule has 4 aromatic heterocycles. The summed E-state index contributed by atoms with van der Waals surface area (Å²) in [6, 6.07) is 0. The van der Waals surface area contributed by atoms with E-state index in [1.807, 2.05) is 0 Å². The summed E-state index contributed by atoms with van der Waals surface area (Å²) < 4.78 is 15.0. The Morgan fingerprint density at radius 2 is 1.58 bits per heavy atom. The van der Waals surface area contributed by atoms with E-state index in [0.717, 1.165) is 0 Å². The number of fused-ring (bicyclic) bond motifs is 2. The second-order valence-electron chi connectivity index (χ2n) is 9.46. The van der Waals surface area contributed by atoms with Gasteiger partial charge in [0.2, 0.25) is 11.9 Å². The summed E-state index contributed by atoms with van der Waals surface area (Å²) in [6.07, 6.45) is -1.55. The normalized spacial score (nSPS) is 29.5. The highest BCUT2D eigenvalue weighted by molar-refractivity contribution is 6.38. The number of ether oxygens (including phenoxy) is 2. The van der Waals surface area contributed by atoms with Crippen LogP contribution in [0.4, 0.5) is 11.9 Å². The highest BCUT2D eigenvalue weighted by atomic mass is 16.5.